The topological polar surface area (TPSA) is 63.3 Å². The fourth-order valence-corrected chi connectivity index (χ4v) is 5.32. The number of aromatic nitrogens is 1. The Bertz CT molecular complexity index is 510. The molecule has 1 aromatic heterocycles. The van der Waals surface area contributed by atoms with Crippen LogP contribution in [-0.4, -0.2) is 16.1 Å². The Hall–Kier alpha value is -1.32. The van der Waals surface area contributed by atoms with Crippen molar-refractivity contribution < 1.29 is 14.3 Å². The third-order valence-corrected chi connectivity index (χ3v) is 5.46. The monoisotopic (exact) mass is 261 g/mol. The van der Waals surface area contributed by atoms with E-state index in [1.54, 1.807) is 6.92 Å². The Labute approximate surface area is 112 Å². The standard InChI is InChI=1S/C15H19NO3/c1-8-16-12(14(17)18)13(19-8)15-5-9-2-10(6-15)4-11(3-9)7-15/h9-11H,2-7H2,1H3,(H,17,18). The molecule has 19 heavy (non-hydrogen) atoms. The summed E-state index contributed by atoms with van der Waals surface area (Å²) in [6.07, 6.45) is 7.34. The van der Waals surface area contributed by atoms with Crippen LogP contribution in [0.5, 0.6) is 0 Å². The van der Waals surface area contributed by atoms with Gasteiger partial charge in [-0.3, -0.25) is 0 Å². The van der Waals surface area contributed by atoms with E-state index < -0.39 is 5.97 Å². The molecule has 4 fully saturated rings. The third kappa shape index (κ3) is 1.58. The fraction of sp³-hybridized carbons (Fsp3) is 0.733. The van der Waals surface area contributed by atoms with Gasteiger partial charge in [0.1, 0.15) is 5.76 Å². The molecule has 1 N–H and O–H groups in total. The number of carbonyl (C=O) groups is 1. The Morgan fingerprint density at radius 1 is 1.21 bits per heavy atom. The summed E-state index contributed by atoms with van der Waals surface area (Å²) in [4.78, 5) is 15.5. The van der Waals surface area contributed by atoms with E-state index in [-0.39, 0.29) is 11.1 Å². The van der Waals surface area contributed by atoms with Crippen LogP contribution in [0.1, 0.15) is 60.7 Å². The molecule has 0 unspecified atom stereocenters. The number of nitrogens with zero attached hydrogens (tertiary/aromatic N) is 1. The Morgan fingerprint density at radius 2 is 1.74 bits per heavy atom. The van der Waals surface area contributed by atoms with E-state index in [4.69, 9.17) is 4.42 Å². The molecule has 4 aliphatic carbocycles. The molecule has 1 heterocycles. The molecule has 4 bridgehead atoms. The molecule has 0 aliphatic heterocycles. The number of hydrogen-bond donors (Lipinski definition) is 1. The van der Waals surface area contributed by atoms with Crippen LogP contribution in [0, 0.1) is 24.7 Å². The van der Waals surface area contributed by atoms with Crippen molar-refractivity contribution in [3.05, 3.63) is 17.3 Å². The Balaban J connectivity index is 1.81. The van der Waals surface area contributed by atoms with Crippen LogP contribution >= 0.6 is 0 Å². The van der Waals surface area contributed by atoms with Crippen molar-refractivity contribution in [3.8, 4) is 0 Å². The van der Waals surface area contributed by atoms with Gasteiger partial charge in [0.2, 0.25) is 0 Å². The van der Waals surface area contributed by atoms with Crippen molar-refractivity contribution in [1.82, 2.24) is 4.98 Å². The van der Waals surface area contributed by atoms with Crippen molar-refractivity contribution in [2.75, 3.05) is 0 Å². The summed E-state index contributed by atoms with van der Waals surface area (Å²) in [5.41, 5.74) is 0.142. The van der Waals surface area contributed by atoms with Crippen molar-refractivity contribution in [2.45, 2.75) is 50.9 Å². The quantitative estimate of drug-likeness (QED) is 0.888. The summed E-state index contributed by atoms with van der Waals surface area (Å²) in [6.45, 7) is 1.75. The maximum atomic E-state index is 11.4. The van der Waals surface area contributed by atoms with Gasteiger partial charge in [0.25, 0.3) is 0 Å². The summed E-state index contributed by atoms with van der Waals surface area (Å²) >= 11 is 0. The minimum atomic E-state index is -0.942. The number of aromatic carboxylic acids is 1. The van der Waals surface area contributed by atoms with E-state index in [0.29, 0.717) is 11.7 Å². The summed E-state index contributed by atoms with van der Waals surface area (Å²) < 4.78 is 5.77. The number of oxazole rings is 1. The lowest BCUT2D eigenvalue weighted by Crippen LogP contribution is -2.48. The number of carboxylic acids is 1. The van der Waals surface area contributed by atoms with E-state index in [1.807, 2.05) is 0 Å². The molecule has 4 nitrogen and oxygen atoms in total. The predicted molar refractivity (Wildman–Crippen MR) is 68.0 cm³/mol. The highest BCUT2D eigenvalue weighted by atomic mass is 16.4. The van der Waals surface area contributed by atoms with Crippen molar-refractivity contribution in [2.24, 2.45) is 17.8 Å². The SMILES string of the molecule is Cc1nc(C(=O)O)c(C23CC4CC(CC(C4)C2)C3)o1. The van der Waals surface area contributed by atoms with Gasteiger partial charge in [-0.25, -0.2) is 9.78 Å². The average molecular weight is 261 g/mol. The largest absolute Gasteiger partial charge is 0.476 e. The molecule has 4 heteroatoms. The first-order valence-electron chi connectivity index (χ1n) is 7.27. The van der Waals surface area contributed by atoms with Crippen LogP contribution < -0.4 is 0 Å². The molecule has 4 saturated carbocycles. The number of carboxylic acid groups (broad SMARTS) is 1. The number of hydrogen-bond acceptors (Lipinski definition) is 3. The van der Waals surface area contributed by atoms with E-state index in [9.17, 15) is 9.90 Å². The van der Waals surface area contributed by atoms with Gasteiger partial charge >= 0.3 is 5.97 Å². The fourth-order valence-electron chi connectivity index (χ4n) is 5.32. The third-order valence-electron chi connectivity index (χ3n) is 5.46. The lowest BCUT2D eigenvalue weighted by atomic mass is 9.49. The minimum Gasteiger partial charge on any atom is -0.476 e. The smallest absolute Gasteiger partial charge is 0.358 e. The molecule has 4 aliphatic rings. The molecule has 0 radical (unpaired) electrons. The van der Waals surface area contributed by atoms with Crippen molar-refractivity contribution in [3.63, 3.8) is 0 Å². The van der Waals surface area contributed by atoms with Crippen LogP contribution in [0.2, 0.25) is 0 Å². The average Bonchev–Trinajstić information content (AvgIpc) is 2.70. The highest BCUT2D eigenvalue weighted by Crippen LogP contribution is 2.61. The van der Waals surface area contributed by atoms with Crippen LogP contribution in [0.25, 0.3) is 0 Å². The van der Waals surface area contributed by atoms with Gasteiger partial charge < -0.3 is 9.52 Å². The second-order valence-electron chi connectivity index (χ2n) is 6.91. The van der Waals surface area contributed by atoms with Crippen LogP contribution in [0.3, 0.4) is 0 Å². The summed E-state index contributed by atoms with van der Waals surface area (Å²) in [6, 6.07) is 0. The maximum Gasteiger partial charge on any atom is 0.358 e. The normalized spacial score (nSPS) is 39.7. The molecule has 0 saturated heterocycles. The highest BCUT2D eigenvalue weighted by Gasteiger charge is 2.54. The zero-order valence-corrected chi connectivity index (χ0v) is 11.2. The van der Waals surface area contributed by atoms with Gasteiger partial charge in [-0.1, -0.05) is 0 Å². The molecule has 102 valence electrons. The lowest BCUT2D eigenvalue weighted by Gasteiger charge is -2.55. The first-order valence-corrected chi connectivity index (χ1v) is 7.27. The lowest BCUT2D eigenvalue weighted by molar-refractivity contribution is -0.0161. The molecular formula is C15H19NO3. The van der Waals surface area contributed by atoms with Gasteiger partial charge in [-0.15, -0.1) is 0 Å². The second kappa shape index (κ2) is 3.62. The first-order chi connectivity index (χ1) is 9.06. The number of rotatable bonds is 2. The molecular weight excluding hydrogens is 242 g/mol. The summed E-state index contributed by atoms with van der Waals surface area (Å²) in [5, 5.41) is 9.36. The van der Waals surface area contributed by atoms with Gasteiger partial charge in [0.05, 0.1) is 0 Å². The predicted octanol–water partition coefficient (Wildman–Crippen LogP) is 3.15. The van der Waals surface area contributed by atoms with Crippen LogP contribution in [0.4, 0.5) is 0 Å². The van der Waals surface area contributed by atoms with E-state index in [1.165, 1.54) is 19.3 Å². The zero-order chi connectivity index (χ0) is 13.2. The molecule has 0 atom stereocenters. The summed E-state index contributed by atoms with van der Waals surface area (Å²) in [7, 11) is 0. The number of aryl methyl sites for hydroxylation is 1. The van der Waals surface area contributed by atoms with Gasteiger partial charge in [-0.2, -0.15) is 0 Å². The molecule has 0 aromatic carbocycles. The summed E-state index contributed by atoms with van der Waals surface area (Å²) in [5.74, 6) is 2.55. The minimum absolute atomic E-state index is 0.0241. The highest BCUT2D eigenvalue weighted by molar-refractivity contribution is 5.87. The molecule has 0 spiro atoms. The second-order valence-corrected chi connectivity index (χ2v) is 6.91. The first kappa shape index (κ1) is 11.5. The Morgan fingerprint density at radius 3 is 2.21 bits per heavy atom. The van der Waals surface area contributed by atoms with Gasteiger partial charge in [0, 0.05) is 12.3 Å². The molecule has 5 rings (SSSR count). The Kier molecular flexibility index (Phi) is 2.19. The molecule has 0 amide bonds. The zero-order valence-electron chi connectivity index (χ0n) is 11.2. The van der Waals surface area contributed by atoms with E-state index in [0.717, 1.165) is 37.0 Å². The van der Waals surface area contributed by atoms with Crippen molar-refractivity contribution in [1.29, 1.82) is 0 Å². The van der Waals surface area contributed by atoms with Crippen LogP contribution in [0.15, 0.2) is 4.42 Å². The van der Waals surface area contributed by atoms with E-state index >= 15 is 0 Å². The van der Waals surface area contributed by atoms with Crippen LogP contribution in [-0.2, 0) is 5.41 Å². The van der Waals surface area contributed by atoms with Gasteiger partial charge in [-0.05, 0) is 56.3 Å². The van der Waals surface area contributed by atoms with Crippen molar-refractivity contribution >= 4 is 5.97 Å². The van der Waals surface area contributed by atoms with Gasteiger partial charge in [0.15, 0.2) is 11.6 Å². The maximum absolute atomic E-state index is 11.4. The molecule has 1 aromatic rings. The van der Waals surface area contributed by atoms with E-state index in [2.05, 4.69) is 4.98 Å².